The van der Waals surface area contributed by atoms with E-state index < -0.39 is 23.4 Å². The van der Waals surface area contributed by atoms with Gasteiger partial charge in [0, 0.05) is 32.1 Å². The number of carbonyl (C=O) groups excluding carboxylic acids is 2. The molecule has 0 aliphatic carbocycles. The molecule has 1 aliphatic heterocycles. The SMILES string of the molecule is CC(=O)NC[C@]1(O)CCN(C(=O)c2ccc(C)c(F)c2)C[C@H]1O. The standard InChI is InChI=1S/C16H21FN2O4/c1-10-3-4-12(7-13(10)17)15(22)19-6-5-16(23,14(21)8-19)9-18-11(2)20/h3-4,7,14,21,23H,5-6,8-9H2,1-2H3,(H,18,20)/t14-,16-/m1/s1. The van der Waals surface area contributed by atoms with Crippen molar-refractivity contribution < 1.29 is 24.2 Å². The summed E-state index contributed by atoms with van der Waals surface area (Å²) in [7, 11) is 0. The van der Waals surface area contributed by atoms with Gasteiger partial charge in [0.15, 0.2) is 0 Å². The van der Waals surface area contributed by atoms with Crippen molar-refractivity contribution in [3.05, 3.63) is 35.1 Å². The predicted molar refractivity (Wildman–Crippen MR) is 81.3 cm³/mol. The molecule has 1 aromatic rings. The summed E-state index contributed by atoms with van der Waals surface area (Å²) < 4.78 is 13.6. The summed E-state index contributed by atoms with van der Waals surface area (Å²) in [4.78, 5) is 24.7. The highest BCUT2D eigenvalue weighted by Crippen LogP contribution is 2.24. The zero-order chi connectivity index (χ0) is 17.2. The Bertz CT molecular complexity index is 622. The minimum absolute atomic E-state index is 0.0787. The van der Waals surface area contributed by atoms with Gasteiger partial charge in [0.1, 0.15) is 17.5 Å². The Kier molecular flexibility index (Phi) is 5.01. The molecule has 0 bridgehead atoms. The number of nitrogens with zero attached hydrogens (tertiary/aromatic N) is 1. The molecular formula is C16H21FN2O4. The van der Waals surface area contributed by atoms with E-state index in [0.717, 1.165) is 0 Å². The van der Waals surface area contributed by atoms with E-state index in [2.05, 4.69) is 5.32 Å². The number of halogens is 1. The molecular weight excluding hydrogens is 303 g/mol. The summed E-state index contributed by atoms with van der Waals surface area (Å²) in [5.41, 5.74) is -0.821. The maximum absolute atomic E-state index is 13.6. The molecule has 1 saturated heterocycles. The molecule has 3 N–H and O–H groups in total. The van der Waals surface area contributed by atoms with Gasteiger partial charge in [0.25, 0.3) is 5.91 Å². The summed E-state index contributed by atoms with van der Waals surface area (Å²) in [6, 6.07) is 4.23. The molecule has 126 valence electrons. The Balaban J connectivity index is 2.05. The van der Waals surface area contributed by atoms with E-state index >= 15 is 0 Å². The summed E-state index contributed by atoms with van der Waals surface area (Å²) in [5, 5.41) is 23.0. The van der Waals surface area contributed by atoms with Gasteiger partial charge in [-0.15, -0.1) is 0 Å². The number of benzene rings is 1. The van der Waals surface area contributed by atoms with Gasteiger partial charge in [-0.05, 0) is 31.0 Å². The second kappa shape index (κ2) is 6.64. The summed E-state index contributed by atoms with van der Waals surface area (Å²) in [5.74, 6) is -1.17. The first-order chi connectivity index (χ1) is 10.7. The maximum atomic E-state index is 13.6. The lowest BCUT2D eigenvalue weighted by molar-refractivity contribution is -0.127. The highest BCUT2D eigenvalue weighted by molar-refractivity contribution is 5.94. The lowest BCUT2D eigenvalue weighted by Gasteiger charge is -2.42. The molecule has 0 unspecified atom stereocenters. The van der Waals surface area contributed by atoms with Crippen molar-refractivity contribution >= 4 is 11.8 Å². The topological polar surface area (TPSA) is 89.9 Å². The first kappa shape index (κ1) is 17.4. The Hall–Kier alpha value is -1.99. The van der Waals surface area contributed by atoms with Crippen LogP contribution in [0.15, 0.2) is 18.2 Å². The first-order valence-corrected chi connectivity index (χ1v) is 7.43. The number of piperidine rings is 1. The van der Waals surface area contributed by atoms with Crippen molar-refractivity contribution in [3.63, 3.8) is 0 Å². The number of aryl methyl sites for hydroxylation is 1. The highest BCUT2D eigenvalue weighted by Gasteiger charge is 2.42. The van der Waals surface area contributed by atoms with E-state index in [0.29, 0.717) is 5.56 Å². The highest BCUT2D eigenvalue weighted by atomic mass is 19.1. The smallest absolute Gasteiger partial charge is 0.254 e. The normalized spacial score (nSPS) is 24.4. The van der Waals surface area contributed by atoms with Crippen molar-refractivity contribution in [3.8, 4) is 0 Å². The molecule has 23 heavy (non-hydrogen) atoms. The molecule has 2 atom stereocenters. The van der Waals surface area contributed by atoms with Crippen LogP contribution in [0.25, 0.3) is 0 Å². The minimum Gasteiger partial charge on any atom is -0.388 e. The predicted octanol–water partition coefficient (Wildman–Crippen LogP) is 0.208. The van der Waals surface area contributed by atoms with E-state index in [4.69, 9.17) is 0 Å². The molecule has 0 radical (unpaired) electrons. The molecule has 6 nitrogen and oxygen atoms in total. The van der Waals surface area contributed by atoms with Crippen molar-refractivity contribution in [2.24, 2.45) is 0 Å². The largest absolute Gasteiger partial charge is 0.388 e. The van der Waals surface area contributed by atoms with Crippen molar-refractivity contribution in [1.29, 1.82) is 0 Å². The van der Waals surface area contributed by atoms with Gasteiger partial charge in [0.2, 0.25) is 5.91 Å². The fraction of sp³-hybridized carbons (Fsp3) is 0.500. The van der Waals surface area contributed by atoms with E-state index in [1.807, 2.05) is 0 Å². The van der Waals surface area contributed by atoms with Gasteiger partial charge in [-0.1, -0.05) is 6.07 Å². The van der Waals surface area contributed by atoms with Crippen molar-refractivity contribution in [2.45, 2.75) is 32.0 Å². The maximum Gasteiger partial charge on any atom is 0.254 e. The number of likely N-dealkylation sites (tertiary alicyclic amines) is 1. The van der Waals surface area contributed by atoms with Gasteiger partial charge in [0.05, 0.1) is 0 Å². The van der Waals surface area contributed by atoms with Crippen LogP contribution in [-0.2, 0) is 4.79 Å². The molecule has 1 fully saturated rings. The van der Waals surface area contributed by atoms with E-state index in [1.54, 1.807) is 6.92 Å². The van der Waals surface area contributed by atoms with Crippen LogP contribution < -0.4 is 5.32 Å². The van der Waals surface area contributed by atoms with Gasteiger partial charge in [-0.2, -0.15) is 0 Å². The van der Waals surface area contributed by atoms with Gasteiger partial charge in [-0.3, -0.25) is 9.59 Å². The fourth-order valence-corrected chi connectivity index (χ4v) is 2.54. The second-order valence-electron chi connectivity index (χ2n) is 5.99. The monoisotopic (exact) mass is 324 g/mol. The first-order valence-electron chi connectivity index (χ1n) is 7.43. The molecule has 2 rings (SSSR count). The molecule has 1 heterocycles. The molecule has 7 heteroatoms. The molecule has 0 spiro atoms. The number of aliphatic hydroxyl groups excluding tert-OH is 1. The third-order valence-corrected chi connectivity index (χ3v) is 4.18. The van der Waals surface area contributed by atoms with Crippen molar-refractivity contribution in [1.82, 2.24) is 10.2 Å². The zero-order valence-corrected chi connectivity index (χ0v) is 13.2. The van der Waals surface area contributed by atoms with E-state index in [1.165, 1.54) is 30.0 Å². The Morgan fingerprint density at radius 1 is 1.48 bits per heavy atom. The number of nitrogens with one attached hydrogen (secondary N) is 1. The lowest BCUT2D eigenvalue weighted by atomic mass is 9.88. The lowest BCUT2D eigenvalue weighted by Crippen LogP contribution is -2.61. The number of rotatable bonds is 3. The van der Waals surface area contributed by atoms with Crippen LogP contribution in [0.5, 0.6) is 0 Å². The summed E-state index contributed by atoms with van der Waals surface area (Å²) in [6.07, 6.45) is -1.07. The molecule has 0 aromatic heterocycles. The Morgan fingerprint density at radius 3 is 2.74 bits per heavy atom. The molecule has 1 aromatic carbocycles. The average Bonchev–Trinajstić information content (AvgIpc) is 2.50. The Labute approximate surface area is 133 Å². The van der Waals surface area contributed by atoms with E-state index in [9.17, 15) is 24.2 Å². The molecule has 2 amide bonds. The van der Waals surface area contributed by atoms with Crippen LogP contribution in [0, 0.1) is 12.7 Å². The van der Waals surface area contributed by atoms with Crippen LogP contribution in [0.2, 0.25) is 0 Å². The minimum atomic E-state index is -1.47. The fourth-order valence-electron chi connectivity index (χ4n) is 2.54. The number of amides is 2. The third kappa shape index (κ3) is 3.86. The van der Waals surface area contributed by atoms with Gasteiger partial charge < -0.3 is 20.4 Å². The number of hydrogen-bond acceptors (Lipinski definition) is 4. The van der Waals surface area contributed by atoms with Crippen LogP contribution in [-0.4, -0.2) is 58.3 Å². The molecule has 0 saturated carbocycles. The third-order valence-electron chi connectivity index (χ3n) is 4.18. The molecule has 1 aliphatic rings. The van der Waals surface area contributed by atoms with Crippen LogP contribution >= 0.6 is 0 Å². The number of carbonyl (C=O) groups is 2. The number of β-amino-alcohol motifs (C(OH)–C–C–N with tert-alkyl or cyclic N) is 1. The zero-order valence-electron chi connectivity index (χ0n) is 13.2. The quantitative estimate of drug-likeness (QED) is 0.741. The number of aliphatic hydroxyl groups is 2. The van der Waals surface area contributed by atoms with Crippen LogP contribution in [0.4, 0.5) is 4.39 Å². The van der Waals surface area contributed by atoms with Crippen molar-refractivity contribution in [2.75, 3.05) is 19.6 Å². The summed E-state index contributed by atoms with van der Waals surface area (Å²) >= 11 is 0. The summed E-state index contributed by atoms with van der Waals surface area (Å²) in [6.45, 7) is 2.98. The van der Waals surface area contributed by atoms with Gasteiger partial charge in [-0.25, -0.2) is 4.39 Å². The van der Waals surface area contributed by atoms with Crippen LogP contribution in [0.1, 0.15) is 29.3 Å². The second-order valence-corrected chi connectivity index (χ2v) is 5.99. The number of hydrogen-bond donors (Lipinski definition) is 3. The van der Waals surface area contributed by atoms with E-state index in [-0.39, 0.29) is 37.5 Å². The van der Waals surface area contributed by atoms with Crippen LogP contribution in [0.3, 0.4) is 0 Å². The van der Waals surface area contributed by atoms with Gasteiger partial charge >= 0.3 is 0 Å². The average molecular weight is 324 g/mol. The Morgan fingerprint density at radius 2 is 2.17 bits per heavy atom.